The van der Waals surface area contributed by atoms with Crippen molar-refractivity contribution in [2.24, 2.45) is 0 Å². The second kappa shape index (κ2) is 14.9. The summed E-state index contributed by atoms with van der Waals surface area (Å²) in [5.74, 6) is -0.255. The summed E-state index contributed by atoms with van der Waals surface area (Å²) < 4.78 is 9.49. The van der Waals surface area contributed by atoms with Gasteiger partial charge in [-0.1, -0.05) is 13.3 Å². The molecule has 0 aromatic heterocycles. The van der Waals surface area contributed by atoms with E-state index in [4.69, 9.17) is 9.84 Å². The van der Waals surface area contributed by atoms with Crippen LogP contribution >= 0.6 is 0 Å². The first kappa shape index (κ1) is 15.8. The maximum atomic E-state index is 10.1. The Morgan fingerprint density at radius 1 is 1.29 bits per heavy atom. The van der Waals surface area contributed by atoms with Crippen LogP contribution in [0.25, 0.3) is 0 Å². The van der Waals surface area contributed by atoms with Crippen LogP contribution in [0, 0.1) is 0 Å². The van der Waals surface area contributed by atoms with Crippen molar-refractivity contribution in [3.05, 3.63) is 0 Å². The van der Waals surface area contributed by atoms with Crippen molar-refractivity contribution in [2.75, 3.05) is 26.4 Å². The molecule has 0 amide bonds. The number of carbonyl (C=O) groups excluding carboxylic acids is 1. The largest absolute Gasteiger partial charge is 0.463 e. The van der Waals surface area contributed by atoms with Crippen LogP contribution in [0.1, 0.15) is 33.6 Å². The average molecular weight is 206 g/mol. The summed E-state index contributed by atoms with van der Waals surface area (Å²) in [4.78, 5) is 10.1. The van der Waals surface area contributed by atoms with Gasteiger partial charge >= 0.3 is 5.97 Å². The molecule has 0 saturated carbocycles. The molecule has 0 spiro atoms. The van der Waals surface area contributed by atoms with Gasteiger partial charge in [0.05, 0.1) is 6.61 Å². The van der Waals surface area contributed by atoms with Crippen LogP contribution in [0.2, 0.25) is 0 Å². The third-order valence-electron chi connectivity index (χ3n) is 1.25. The number of carbonyl (C=O) groups is 1. The van der Waals surface area contributed by atoms with E-state index >= 15 is 0 Å². The number of aliphatic hydroxyl groups is 1. The smallest absolute Gasteiger partial charge is 0.302 e. The molecule has 0 aliphatic carbocycles. The lowest BCUT2D eigenvalue weighted by molar-refractivity contribution is -0.142. The Morgan fingerprint density at radius 2 is 1.93 bits per heavy atom. The molecule has 0 atom stereocenters. The van der Waals surface area contributed by atoms with E-state index in [0.29, 0.717) is 26.4 Å². The van der Waals surface area contributed by atoms with Gasteiger partial charge in [0.2, 0.25) is 0 Å². The highest BCUT2D eigenvalue weighted by Crippen LogP contribution is 1.79. The molecule has 0 aliphatic rings. The number of hydrogen-bond acceptors (Lipinski definition) is 4. The van der Waals surface area contributed by atoms with Gasteiger partial charge < -0.3 is 14.6 Å². The van der Waals surface area contributed by atoms with Gasteiger partial charge in [0, 0.05) is 20.1 Å². The first-order valence-corrected chi connectivity index (χ1v) is 5.00. The van der Waals surface area contributed by atoms with Gasteiger partial charge in [-0.25, -0.2) is 0 Å². The molecule has 0 unspecified atom stereocenters. The van der Waals surface area contributed by atoms with Crippen molar-refractivity contribution in [1.82, 2.24) is 0 Å². The lowest BCUT2D eigenvalue weighted by Crippen LogP contribution is -2.06. The van der Waals surface area contributed by atoms with Crippen LogP contribution in [0.5, 0.6) is 0 Å². The second-order valence-corrected chi connectivity index (χ2v) is 2.61. The Kier molecular flexibility index (Phi) is 16.9. The summed E-state index contributed by atoms with van der Waals surface area (Å²) >= 11 is 0. The molecule has 0 heterocycles. The predicted octanol–water partition coefficient (Wildman–Crippen LogP) is 1.36. The summed E-state index contributed by atoms with van der Waals surface area (Å²) in [6, 6.07) is 0. The minimum Gasteiger partial charge on any atom is -0.463 e. The van der Waals surface area contributed by atoms with Crippen LogP contribution in [0.3, 0.4) is 0 Å². The van der Waals surface area contributed by atoms with Crippen molar-refractivity contribution < 1.29 is 19.4 Å². The van der Waals surface area contributed by atoms with Crippen LogP contribution < -0.4 is 0 Å². The van der Waals surface area contributed by atoms with Crippen molar-refractivity contribution in [3.63, 3.8) is 0 Å². The molecule has 4 nitrogen and oxygen atoms in total. The van der Waals surface area contributed by atoms with Gasteiger partial charge in [0.15, 0.2) is 0 Å². The van der Waals surface area contributed by atoms with E-state index in [1.165, 1.54) is 6.92 Å². The molecule has 86 valence electrons. The highest BCUT2D eigenvalue weighted by atomic mass is 16.6. The Labute approximate surface area is 86.2 Å². The normalized spacial score (nSPS) is 8.86. The van der Waals surface area contributed by atoms with Gasteiger partial charge in [-0.2, -0.15) is 0 Å². The standard InChI is InChI=1S/C6H12O3.C4H10O/c1-3-8-4-5-9-6(2)7;1-2-3-4-5/h3-5H2,1-2H3;5H,2-4H2,1H3. The van der Waals surface area contributed by atoms with E-state index in [9.17, 15) is 4.79 Å². The molecule has 0 saturated heterocycles. The van der Waals surface area contributed by atoms with E-state index in [2.05, 4.69) is 11.7 Å². The molecule has 4 heteroatoms. The molecular formula is C10H22O4. The molecule has 0 bridgehead atoms. The molecule has 0 rings (SSSR count). The fourth-order valence-electron chi connectivity index (χ4n) is 0.547. The fourth-order valence-corrected chi connectivity index (χ4v) is 0.547. The summed E-state index contributed by atoms with van der Waals surface area (Å²) in [5.41, 5.74) is 0. The Hall–Kier alpha value is -0.610. The fraction of sp³-hybridized carbons (Fsp3) is 0.900. The minimum atomic E-state index is -0.255. The van der Waals surface area contributed by atoms with E-state index in [1.807, 2.05) is 6.92 Å². The lowest BCUT2D eigenvalue weighted by Gasteiger charge is -1.99. The number of rotatable bonds is 6. The summed E-state index contributed by atoms with van der Waals surface area (Å²) in [6.07, 6.45) is 2.04. The molecule has 0 radical (unpaired) electrons. The molecular weight excluding hydrogens is 184 g/mol. The molecule has 14 heavy (non-hydrogen) atoms. The number of aliphatic hydroxyl groups excluding tert-OH is 1. The van der Waals surface area contributed by atoms with Crippen LogP contribution in [0.4, 0.5) is 0 Å². The molecule has 0 fully saturated rings. The first-order valence-electron chi connectivity index (χ1n) is 5.00. The number of esters is 1. The van der Waals surface area contributed by atoms with E-state index in [1.54, 1.807) is 0 Å². The van der Waals surface area contributed by atoms with Crippen LogP contribution in [-0.2, 0) is 14.3 Å². The highest BCUT2D eigenvalue weighted by Gasteiger charge is 1.89. The number of unbranched alkanes of at least 4 members (excludes halogenated alkanes) is 1. The molecule has 0 aliphatic heterocycles. The van der Waals surface area contributed by atoms with Gasteiger partial charge in [-0.3, -0.25) is 4.79 Å². The van der Waals surface area contributed by atoms with E-state index in [0.717, 1.165) is 12.8 Å². The monoisotopic (exact) mass is 206 g/mol. The minimum absolute atomic E-state index is 0.255. The number of hydrogen-bond donors (Lipinski definition) is 1. The summed E-state index contributed by atoms with van der Waals surface area (Å²) in [7, 11) is 0. The zero-order valence-electron chi connectivity index (χ0n) is 9.41. The SMILES string of the molecule is CCCCO.CCOCCOC(C)=O. The highest BCUT2D eigenvalue weighted by molar-refractivity contribution is 5.65. The molecule has 0 aromatic rings. The van der Waals surface area contributed by atoms with Crippen molar-refractivity contribution >= 4 is 5.97 Å². The van der Waals surface area contributed by atoms with Gasteiger partial charge in [-0.05, 0) is 13.3 Å². The average Bonchev–Trinajstić information content (AvgIpc) is 2.15. The van der Waals surface area contributed by atoms with E-state index < -0.39 is 0 Å². The van der Waals surface area contributed by atoms with Crippen LogP contribution in [-0.4, -0.2) is 37.5 Å². The van der Waals surface area contributed by atoms with Gasteiger partial charge in [0.25, 0.3) is 0 Å². The third-order valence-corrected chi connectivity index (χ3v) is 1.25. The Morgan fingerprint density at radius 3 is 2.21 bits per heavy atom. The predicted molar refractivity (Wildman–Crippen MR) is 55.1 cm³/mol. The summed E-state index contributed by atoms with van der Waals surface area (Å²) in [5, 5.41) is 8.07. The van der Waals surface area contributed by atoms with Crippen molar-refractivity contribution in [1.29, 1.82) is 0 Å². The zero-order valence-corrected chi connectivity index (χ0v) is 9.41. The zero-order chi connectivity index (χ0) is 11.2. The first-order chi connectivity index (χ1) is 6.68. The van der Waals surface area contributed by atoms with Crippen LogP contribution in [0.15, 0.2) is 0 Å². The topological polar surface area (TPSA) is 55.8 Å². The maximum absolute atomic E-state index is 10.1. The second-order valence-electron chi connectivity index (χ2n) is 2.61. The molecule has 1 N–H and O–H groups in total. The van der Waals surface area contributed by atoms with E-state index in [-0.39, 0.29) is 5.97 Å². The Balaban J connectivity index is 0. The molecule has 0 aromatic carbocycles. The third kappa shape index (κ3) is 22.5. The van der Waals surface area contributed by atoms with Gasteiger partial charge in [-0.15, -0.1) is 0 Å². The Bertz CT molecular complexity index is 113. The maximum Gasteiger partial charge on any atom is 0.302 e. The quantitative estimate of drug-likeness (QED) is 0.526. The van der Waals surface area contributed by atoms with Crippen molar-refractivity contribution in [3.8, 4) is 0 Å². The number of ether oxygens (including phenoxy) is 2. The summed E-state index contributed by atoms with van der Waals surface area (Å²) in [6.45, 7) is 7.20. The van der Waals surface area contributed by atoms with Gasteiger partial charge in [0.1, 0.15) is 6.61 Å². The lowest BCUT2D eigenvalue weighted by atomic mass is 10.4. The van der Waals surface area contributed by atoms with Crippen molar-refractivity contribution in [2.45, 2.75) is 33.6 Å².